The highest BCUT2D eigenvalue weighted by Crippen LogP contribution is 2.22. The molecular weight excluding hydrogens is 322 g/mol. The first-order chi connectivity index (χ1) is 10.6. The van der Waals surface area contributed by atoms with Gasteiger partial charge in [0.15, 0.2) is 0 Å². The van der Waals surface area contributed by atoms with Crippen LogP contribution in [0.4, 0.5) is 0 Å². The van der Waals surface area contributed by atoms with Crippen LogP contribution in [-0.2, 0) is 23.1 Å². The maximum Gasteiger partial charge on any atom is 0.211 e. The number of fused-ring (bicyclic) bond motifs is 1. The maximum absolute atomic E-state index is 11.7. The highest BCUT2D eigenvalue weighted by molar-refractivity contribution is 7.89. The summed E-state index contributed by atoms with van der Waals surface area (Å²) in [5.74, 6) is 0.0966. The topological polar surface area (TPSA) is 80.1 Å². The van der Waals surface area contributed by atoms with E-state index in [0.29, 0.717) is 6.54 Å². The summed E-state index contributed by atoms with van der Waals surface area (Å²) in [6.07, 6.45) is 5.43. The maximum atomic E-state index is 11.7. The zero-order valence-electron chi connectivity index (χ0n) is 12.3. The third kappa shape index (κ3) is 3.54. The third-order valence-electron chi connectivity index (χ3n) is 3.76. The van der Waals surface area contributed by atoms with Crippen LogP contribution in [0, 0.1) is 0 Å². The average Bonchev–Trinajstić information content (AvgIpc) is 3.16. The van der Waals surface area contributed by atoms with E-state index in [1.54, 1.807) is 30.8 Å². The molecule has 0 unspecified atom stereocenters. The number of thiazole rings is 1. The van der Waals surface area contributed by atoms with Crippen LogP contribution in [0.5, 0.6) is 0 Å². The van der Waals surface area contributed by atoms with Crippen LogP contribution in [0.15, 0.2) is 24.1 Å². The van der Waals surface area contributed by atoms with E-state index in [1.807, 2.05) is 11.6 Å². The highest BCUT2D eigenvalue weighted by Gasteiger charge is 2.26. The Balaban J connectivity index is 1.72. The molecule has 0 bridgehead atoms. The molecule has 7 nitrogen and oxygen atoms in total. The zero-order chi connectivity index (χ0) is 15.6. The smallest absolute Gasteiger partial charge is 0.211 e. The molecule has 1 N–H and O–H groups in total. The van der Waals surface area contributed by atoms with Gasteiger partial charge in [0.2, 0.25) is 10.0 Å². The van der Waals surface area contributed by atoms with Gasteiger partial charge in [0.25, 0.3) is 0 Å². The quantitative estimate of drug-likeness (QED) is 0.842. The molecule has 0 aliphatic carbocycles. The normalized spacial score (nSPS) is 19.2. The number of imidazole rings is 1. The van der Waals surface area contributed by atoms with E-state index in [1.165, 1.54) is 0 Å². The Bertz CT molecular complexity index is 711. The Hall–Kier alpha value is -1.29. The Morgan fingerprint density at radius 3 is 3.09 bits per heavy atom. The van der Waals surface area contributed by atoms with Gasteiger partial charge in [-0.05, 0) is 6.92 Å². The molecule has 22 heavy (non-hydrogen) atoms. The lowest BCUT2D eigenvalue weighted by Crippen LogP contribution is -2.42. The van der Waals surface area contributed by atoms with Crippen LogP contribution >= 0.6 is 11.3 Å². The van der Waals surface area contributed by atoms with E-state index in [-0.39, 0.29) is 11.8 Å². The lowest BCUT2D eigenvalue weighted by Gasteiger charge is -2.34. The van der Waals surface area contributed by atoms with Gasteiger partial charge in [0.05, 0.1) is 30.4 Å². The van der Waals surface area contributed by atoms with E-state index in [9.17, 15) is 8.42 Å². The summed E-state index contributed by atoms with van der Waals surface area (Å²) in [4.78, 5) is 10.8. The molecule has 1 aliphatic rings. The molecule has 1 atom stereocenters. The number of rotatable bonds is 6. The minimum Gasteiger partial charge on any atom is -0.328 e. The molecule has 120 valence electrons. The predicted molar refractivity (Wildman–Crippen MR) is 85.0 cm³/mol. The molecule has 0 saturated heterocycles. The summed E-state index contributed by atoms with van der Waals surface area (Å²) in [5.41, 5.74) is 1.10. The second-order valence-corrected chi connectivity index (χ2v) is 8.37. The monoisotopic (exact) mass is 341 g/mol. The molecule has 1 aliphatic heterocycles. The number of hydrogen-bond donors (Lipinski definition) is 1. The standard InChI is InChI=1S/C13H19N5O2S2/c1-2-22(19,20)16-6-12-8-17(9-13-15-3-4-21-13)7-11-5-14-10-18(11)12/h3-5,10,12,16H,2,6-9H2,1H3/t12-/m1/s1. The number of sulfonamides is 1. The molecule has 0 amide bonds. The van der Waals surface area contributed by atoms with E-state index in [0.717, 1.165) is 30.3 Å². The summed E-state index contributed by atoms with van der Waals surface area (Å²) in [6, 6.07) is 0.0486. The fourth-order valence-electron chi connectivity index (χ4n) is 2.59. The lowest BCUT2D eigenvalue weighted by atomic mass is 10.2. The summed E-state index contributed by atoms with van der Waals surface area (Å²) >= 11 is 1.64. The van der Waals surface area contributed by atoms with E-state index < -0.39 is 10.0 Å². The van der Waals surface area contributed by atoms with Gasteiger partial charge in [-0.2, -0.15) is 0 Å². The summed E-state index contributed by atoms with van der Waals surface area (Å²) in [5, 5.41) is 3.04. The number of nitrogens with one attached hydrogen (secondary N) is 1. The van der Waals surface area contributed by atoms with Crippen LogP contribution in [0.3, 0.4) is 0 Å². The fraction of sp³-hybridized carbons (Fsp3) is 0.538. The predicted octanol–water partition coefficient (Wildman–Crippen LogP) is 0.836. The van der Waals surface area contributed by atoms with E-state index in [2.05, 4.69) is 24.2 Å². The lowest BCUT2D eigenvalue weighted by molar-refractivity contribution is 0.177. The zero-order valence-corrected chi connectivity index (χ0v) is 14.0. The molecule has 3 heterocycles. The summed E-state index contributed by atoms with van der Waals surface area (Å²) in [6.45, 7) is 4.38. The van der Waals surface area contributed by atoms with Crippen LogP contribution in [0.1, 0.15) is 23.7 Å². The SMILES string of the molecule is CCS(=O)(=O)NC[C@@H]1CN(Cc2nccs2)Cc2cncn21. The Morgan fingerprint density at radius 1 is 1.50 bits per heavy atom. The molecule has 0 spiro atoms. The van der Waals surface area contributed by atoms with Crippen molar-refractivity contribution in [1.29, 1.82) is 0 Å². The first-order valence-electron chi connectivity index (χ1n) is 7.16. The van der Waals surface area contributed by atoms with Crippen molar-refractivity contribution in [1.82, 2.24) is 24.2 Å². The van der Waals surface area contributed by atoms with Crippen LogP contribution in [0.2, 0.25) is 0 Å². The van der Waals surface area contributed by atoms with Crippen molar-refractivity contribution in [2.45, 2.75) is 26.1 Å². The second-order valence-electron chi connectivity index (χ2n) is 5.29. The Morgan fingerprint density at radius 2 is 2.36 bits per heavy atom. The van der Waals surface area contributed by atoms with Gasteiger partial charge in [-0.25, -0.2) is 23.1 Å². The minimum atomic E-state index is -3.18. The summed E-state index contributed by atoms with van der Waals surface area (Å²) in [7, 11) is -3.18. The third-order valence-corrected chi connectivity index (χ3v) is 5.89. The van der Waals surface area contributed by atoms with Crippen molar-refractivity contribution in [3.8, 4) is 0 Å². The van der Waals surface area contributed by atoms with Gasteiger partial charge in [-0.3, -0.25) is 4.90 Å². The molecule has 0 aromatic carbocycles. The van der Waals surface area contributed by atoms with Gasteiger partial charge in [-0.15, -0.1) is 11.3 Å². The summed E-state index contributed by atoms with van der Waals surface area (Å²) < 4.78 is 28.1. The van der Waals surface area contributed by atoms with Gasteiger partial charge in [0.1, 0.15) is 5.01 Å². The molecule has 0 saturated carbocycles. The fourth-order valence-corrected chi connectivity index (χ4v) is 3.90. The average molecular weight is 341 g/mol. The number of aromatic nitrogens is 3. The first kappa shape index (κ1) is 15.6. The van der Waals surface area contributed by atoms with Gasteiger partial charge in [-0.1, -0.05) is 0 Å². The van der Waals surface area contributed by atoms with Gasteiger partial charge >= 0.3 is 0 Å². The van der Waals surface area contributed by atoms with Crippen LogP contribution in [-0.4, -0.2) is 46.7 Å². The van der Waals surface area contributed by atoms with Crippen molar-refractivity contribution < 1.29 is 8.42 Å². The van der Waals surface area contributed by atoms with Gasteiger partial charge < -0.3 is 4.57 Å². The van der Waals surface area contributed by atoms with Crippen LogP contribution < -0.4 is 4.72 Å². The van der Waals surface area contributed by atoms with Crippen molar-refractivity contribution in [3.05, 3.63) is 34.8 Å². The molecule has 3 rings (SSSR count). The number of hydrogen-bond acceptors (Lipinski definition) is 6. The number of nitrogens with zero attached hydrogens (tertiary/aromatic N) is 4. The first-order valence-corrected chi connectivity index (χ1v) is 9.69. The van der Waals surface area contributed by atoms with E-state index >= 15 is 0 Å². The van der Waals surface area contributed by atoms with E-state index in [4.69, 9.17) is 0 Å². The molecule has 2 aromatic heterocycles. The molecule has 0 radical (unpaired) electrons. The second kappa shape index (κ2) is 6.45. The molecule has 0 fully saturated rings. The van der Waals surface area contributed by atoms with Crippen molar-refractivity contribution in [2.75, 3.05) is 18.8 Å². The van der Waals surface area contributed by atoms with Gasteiger partial charge in [0, 0.05) is 37.4 Å². The van der Waals surface area contributed by atoms with Crippen molar-refractivity contribution >= 4 is 21.4 Å². The molecule has 2 aromatic rings. The molecule has 9 heteroatoms. The Kier molecular flexibility index (Phi) is 4.57. The van der Waals surface area contributed by atoms with Crippen molar-refractivity contribution in [3.63, 3.8) is 0 Å². The largest absolute Gasteiger partial charge is 0.328 e. The highest BCUT2D eigenvalue weighted by atomic mass is 32.2. The Labute approximate surface area is 134 Å². The van der Waals surface area contributed by atoms with Crippen molar-refractivity contribution in [2.24, 2.45) is 0 Å². The molecular formula is C13H19N5O2S2. The van der Waals surface area contributed by atoms with Crippen LogP contribution in [0.25, 0.3) is 0 Å². The minimum absolute atomic E-state index is 0.0486.